The Morgan fingerprint density at radius 3 is 1.57 bits per heavy atom. The van der Waals surface area contributed by atoms with Gasteiger partial charge in [0.15, 0.2) is 11.6 Å². The molecule has 0 fully saturated rings. The summed E-state index contributed by atoms with van der Waals surface area (Å²) >= 11 is 0. The molecule has 0 N–H and O–H groups in total. The summed E-state index contributed by atoms with van der Waals surface area (Å²) in [6.45, 7) is 0. The molecule has 0 unspecified atom stereocenters. The molecule has 4 nitrogen and oxygen atoms in total. The maximum atomic E-state index is 6.41. The molecule has 0 spiro atoms. The third-order valence-corrected chi connectivity index (χ3v) is 10.2. The number of fused-ring (bicyclic) bond motifs is 4. The predicted molar refractivity (Wildman–Crippen MR) is 221 cm³/mol. The Bertz CT molecular complexity index is 2930. The first-order valence-electron chi connectivity index (χ1n) is 18.2. The quantitative estimate of drug-likeness (QED) is 0.167. The van der Waals surface area contributed by atoms with Gasteiger partial charge in [0.2, 0.25) is 0 Å². The minimum Gasteiger partial charge on any atom is -0.456 e. The number of aromatic nitrogens is 3. The van der Waals surface area contributed by atoms with Crippen LogP contribution >= 0.6 is 0 Å². The van der Waals surface area contributed by atoms with E-state index < -0.39 is 0 Å². The minimum absolute atomic E-state index is 0.522. The van der Waals surface area contributed by atoms with Crippen molar-refractivity contribution in [3.63, 3.8) is 0 Å². The molecule has 254 valence electrons. The number of nitrogens with zero attached hydrogens (tertiary/aromatic N) is 3. The molecule has 0 saturated heterocycles. The number of furan rings is 1. The summed E-state index contributed by atoms with van der Waals surface area (Å²) in [4.78, 5) is 15.0. The van der Waals surface area contributed by atoms with Crippen molar-refractivity contribution >= 4 is 32.7 Å². The second kappa shape index (κ2) is 13.4. The number of hydrogen-bond acceptors (Lipinski definition) is 4. The summed E-state index contributed by atoms with van der Waals surface area (Å²) in [5.41, 5.74) is 11.7. The van der Waals surface area contributed by atoms with Crippen LogP contribution in [0.4, 0.5) is 0 Å². The zero-order valence-corrected chi connectivity index (χ0v) is 29.4. The van der Waals surface area contributed by atoms with Crippen molar-refractivity contribution in [2.24, 2.45) is 0 Å². The summed E-state index contributed by atoms with van der Waals surface area (Å²) < 4.78 is 6.41. The van der Waals surface area contributed by atoms with Crippen LogP contribution in [0.25, 0.3) is 88.9 Å². The lowest BCUT2D eigenvalue weighted by Gasteiger charge is -2.10. The molecular weight excluding hydrogens is 659 g/mol. The normalized spacial score (nSPS) is 11.4. The van der Waals surface area contributed by atoms with Gasteiger partial charge in [0, 0.05) is 28.3 Å². The van der Waals surface area contributed by atoms with Crippen molar-refractivity contribution < 1.29 is 4.42 Å². The van der Waals surface area contributed by atoms with Gasteiger partial charge in [0.25, 0.3) is 0 Å². The Hall–Kier alpha value is -7.17. The fourth-order valence-corrected chi connectivity index (χ4v) is 7.41. The largest absolute Gasteiger partial charge is 0.456 e. The third-order valence-electron chi connectivity index (χ3n) is 10.2. The fourth-order valence-electron chi connectivity index (χ4n) is 7.41. The molecule has 0 aliphatic carbocycles. The van der Waals surface area contributed by atoms with E-state index in [0.29, 0.717) is 23.9 Å². The minimum atomic E-state index is 0.522. The van der Waals surface area contributed by atoms with Gasteiger partial charge in [-0.2, -0.15) is 0 Å². The Kier molecular flexibility index (Phi) is 7.85. The topological polar surface area (TPSA) is 51.8 Å². The van der Waals surface area contributed by atoms with Crippen molar-refractivity contribution in [3.8, 4) is 56.2 Å². The average Bonchev–Trinajstić information content (AvgIpc) is 3.63. The van der Waals surface area contributed by atoms with Gasteiger partial charge in [-0.05, 0) is 74.0 Å². The van der Waals surface area contributed by atoms with Gasteiger partial charge in [0.05, 0.1) is 0 Å². The van der Waals surface area contributed by atoms with Crippen LogP contribution in [0.3, 0.4) is 0 Å². The summed E-state index contributed by atoms with van der Waals surface area (Å²) in [6.07, 6.45) is 0.522. The molecule has 2 aromatic heterocycles. The lowest BCUT2D eigenvalue weighted by Crippen LogP contribution is -2.04. The van der Waals surface area contributed by atoms with Crippen LogP contribution in [0.15, 0.2) is 192 Å². The van der Waals surface area contributed by atoms with Gasteiger partial charge in [-0.1, -0.05) is 164 Å². The number of benzene rings is 8. The highest BCUT2D eigenvalue weighted by Gasteiger charge is 2.16. The summed E-state index contributed by atoms with van der Waals surface area (Å²) in [5, 5.41) is 4.65. The van der Waals surface area contributed by atoms with Crippen molar-refractivity contribution in [3.05, 3.63) is 199 Å². The van der Waals surface area contributed by atoms with Gasteiger partial charge < -0.3 is 4.42 Å². The molecule has 0 amide bonds. The van der Waals surface area contributed by atoms with Crippen molar-refractivity contribution in [1.82, 2.24) is 15.0 Å². The third kappa shape index (κ3) is 6.00. The maximum Gasteiger partial charge on any atom is 0.163 e. The van der Waals surface area contributed by atoms with E-state index in [1.807, 2.05) is 42.5 Å². The van der Waals surface area contributed by atoms with Crippen molar-refractivity contribution in [1.29, 1.82) is 0 Å². The predicted octanol–water partition coefficient (Wildman–Crippen LogP) is 12.8. The number of rotatable bonds is 7. The molecular formula is C50H33N3O. The van der Waals surface area contributed by atoms with Gasteiger partial charge >= 0.3 is 0 Å². The van der Waals surface area contributed by atoms with Gasteiger partial charge in [-0.3, -0.25) is 0 Å². The second-order valence-electron chi connectivity index (χ2n) is 13.6. The smallest absolute Gasteiger partial charge is 0.163 e. The Morgan fingerprint density at radius 2 is 0.870 bits per heavy atom. The molecule has 0 aliphatic heterocycles. The van der Waals surface area contributed by atoms with E-state index in [1.54, 1.807) is 0 Å². The van der Waals surface area contributed by atoms with Crippen LogP contribution in [-0.4, -0.2) is 15.0 Å². The molecule has 0 atom stereocenters. The second-order valence-corrected chi connectivity index (χ2v) is 13.6. The van der Waals surface area contributed by atoms with E-state index in [4.69, 9.17) is 19.4 Å². The highest BCUT2D eigenvalue weighted by molar-refractivity contribution is 6.08. The van der Waals surface area contributed by atoms with E-state index in [1.165, 1.54) is 27.5 Å². The summed E-state index contributed by atoms with van der Waals surface area (Å²) in [6, 6.07) is 65.6. The highest BCUT2D eigenvalue weighted by atomic mass is 16.3. The summed E-state index contributed by atoms with van der Waals surface area (Å²) in [5.74, 6) is 2.01. The van der Waals surface area contributed by atoms with Crippen molar-refractivity contribution in [2.75, 3.05) is 0 Å². The molecule has 10 rings (SSSR count). The van der Waals surface area contributed by atoms with Crippen LogP contribution in [0.2, 0.25) is 0 Å². The highest BCUT2D eigenvalue weighted by Crippen LogP contribution is 2.36. The molecule has 0 bridgehead atoms. The SMILES string of the molecule is c1ccc(-c2ccc(-c3nc(Cc4cccc5oc6ccc(-c7ccc(-c8ccc9ccccc9c8)cc7)cc6c45)nc(-c4ccccc4)n3)cc2)cc1. The van der Waals surface area contributed by atoms with E-state index in [2.05, 4.69) is 146 Å². The zero-order valence-electron chi connectivity index (χ0n) is 29.4. The number of hydrogen-bond donors (Lipinski definition) is 0. The van der Waals surface area contributed by atoms with Crippen LogP contribution in [0.5, 0.6) is 0 Å². The van der Waals surface area contributed by atoms with E-state index in [0.717, 1.165) is 55.3 Å². The van der Waals surface area contributed by atoms with Crippen LogP contribution in [-0.2, 0) is 6.42 Å². The van der Waals surface area contributed by atoms with Gasteiger partial charge in [-0.15, -0.1) is 0 Å². The molecule has 8 aromatic carbocycles. The van der Waals surface area contributed by atoms with E-state index in [-0.39, 0.29) is 0 Å². The first kappa shape index (κ1) is 31.6. The molecule has 54 heavy (non-hydrogen) atoms. The van der Waals surface area contributed by atoms with E-state index >= 15 is 0 Å². The Morgan fingerprint density at radius 1 is 0.352 bits per heavy atom. The lowest BCUT2D eigenvalue weighted by atomic mass is 9.97. The molecule has 0 saturated carbocycles. The Balaban J connectivity index is 1.01. The van der Waals surface area contributed by atoms with Gasteiger partial charge in [-0.25, -0.2) is 15.0 Å². The first-order chi connectivity index (χ1) is 26.7. The van der Waals surface area contributed by atoms with E-state index in [9.17, 15) is 0 Å². The van der Waals surface area contributed by atoms with Crippen molar-refractivity contribution in [2.45, 2.75) is 6.42 Å². The first-order valence-corrected chi connectivity index (χ1v) is 18.2. The maximum absolute atomic E-state index is 6.41. The zero-order chi connectivity index (χ0) is 35.8. The molecule has 10 aromatic rings. The average molecular weight is 692 g/mol. The molecule has 0 aliphatic rings. The standard InChI is InChI=1S/C50H33N3O/c1-3-10-33(11-4-1)35-22-25-39(26-23-35)50-52-47(51-49(53-50)38-13-5-2-6-14-38)32-43-16-9-17-46-48(43)44-31-42(28-29-45(44)54-46)37-20-18-36(19-21-37)41-27-24-34-12-7-8-15-40(34)30-41/h1-31H,32H2. The van der Waals surface area contributed by atoms with Crippen LogP contribution in [0, 0.1) is 0 Å². The molecule has 4 heteroatoms. The monoisotopic (exact) mass is 691 g/mol. The molecule has 0 radical (unpaired) electrons. The Labute approximate surface area is 313 Å². The molecule has 2 heterocycles. The lowest BCUT2D eigenvalue weighted by molar-refractivity contribution is 0.668. The summed E-state index contributed by atoms with van der Waals surface area (Å²) in [7, 11) is 0. The van der Waals surface area contributed by atoms with Crippen LogP contribution < -0.4 is 0 Å². The van der Waals surface area contributed by atoms with Crippen LogP contribution in [0.1, 0.15) is 11.4 Å². The fraction of sp³-hybridized carbons (Fsp3) is 0.0200. The van der Waals surface area contributed by atoms with Gasteiger partial charge in [0.1, 0.15) is 17.0 Å².